The molecule has 2 fully saturated rings. The van der Waals surface area contributed by atoms with Crippen molar-refractivity contribution >= 4 is 28.2 Å². The van der Waals surface area contributed by atoms with Crippen LogP contribution in [0.25, 0.3) is 0 Å². The SMILES string of the molecule is COc1ccc([C@H]2[C@@H]3CN(C(=O)CCS(C)(=O)=O)C[C@@H]3CN2C)cc1.Cl. The number of fused-ring (bicyclic) bond motifs is 1. The zero-order valence-electron chi connectivity index (χ0n) is 15.4. The maximum absolute atomic E-state index is 12.4. The standard InChI is InChI=1S/C18H26N2O4S.ClH/c1-19-10-14-11-20(17(21)8-9-25(3,22)23)12-16(14)18(19)13-4-6-15(24-2)7-5-13;/h4-7,14,16,18H,8-12H2,1-3H3;1H/t14-,16+,18-;/m0./s1. The zero-order valence-corrected chi connectivity index (χ0v) is 17.1. The van der Waals surface area contributed by atoms with Gasteiger partial charge in [0, 0.05) is 44.3 Å². The molecule has 6 nitrogen and oxygen atoms in total. The van der Waals surface area contributed by atoms with Crippen LogP contribution < -0.4 is 4.74 Å². The lowest BCUT2D eigenvalue weighted by atomic mass is 9.89. The van der Waals surface area contributed by atoms with Gasteiger partial charge in [-0.25, -0.2) is 8.42 Å². The maximum atomic E-state index is 12.4. The fourth-order valence-electron chi connectivity index (χ4n) is 4.19. The molecule has 0 aromatic heterocycles. The highest BCUT2D eigenvalue weighted by atomic mass is 35.5. The molecule has 0 radical (unpaired) electrons. The van der Waals surface area contributed by atoms with Crippen molar-refractivity contribution in [1.29, 1.82) is 0 Å². The average Bonchev–Trinajstić information content (AvgIpc) is 3.08. The van der Waals surface area contributed by atoms with Crippen LogP contribution in [0.15, 0.2) is 24.3 Å². The number of amides is 1. The molecule has 1 aromatic carbocycles. The number of rotatable bonds is 5. The lowest BCUT2D eigenvalue weighted by molar-refractivity contribution is -0.130. The fraction of sp³-hybridized carbons (Fsp3) is 0.611. The van der Waals surface area contributed by atoms with Crippen molar-refractivity contribution in [2.75, 3.05) is 45.8 Å². The minimum Gasteiger partial charge on any atom is -0.497 e. The first-order chi connectivity index (χ1) is 11.8. The van der Waals surface area contributed by atoms with E-state index in [0.717, 1.165) is 18.8 Å². The molecular weight excluding hydrogens is 376 g/mol. The summed E-state index contributed by atoms with van der Waals surface area (Å²) in [5, 5.41) is 0. The van der Waals surface area contributed by atoms with Gasteiger partial charge in [-0.1, -0.05) is 12.1 Å². The quantitative estimate of drug-likeness (QED) is 0.748. The fourth-order valence-corrected chi connectivity index (χ4v) is 4.74. The predicted octanol–water partition coefficient (Wildman–Crippen LogP) is 1.61. The van der Waals surface area contributed by atoms with Crippen LogP contribution >= 0.6 is 12.4 Å². The molecule has 2 heterocycles. The van der Waals surface area contributed by atoms with Crippen molar-refractivity contribution in [1.82, 2.24) is 9.80 Å². The third kappa shape index (κ3) is 4.50. The zero-order chi connectivity index (χ0) is 18.2. The van der Waals surface area contributed by atoms with Crippen molar-refractivity contribution in [3.63, 3.8) is 0 Å². The molecule has 2 aliphatic rings. The molecular formula is C18H27ClN2O4S. The van der Waals surface area contributed by atoms with Crippen molar-refractivity contribution < 1.29 is 17.9 Å². The highest BCUT2D eigenvalue weighted by molar-refractivity contribution is 7.90. The van der Waals surface area contributed by atoms with Gasteiger partial charge in [-0.3, -0.25) is 9.69 Å². The molecule has 146 valence electrons. The summed E-state index contributed by atoms with van der Waals surface area (Å²) in [6.07, 6.45) is 1.26. The topological polar surface area (TPSA) is 66.9 Å². The number of ether oxygens (including phenoxy) is 1. The number of halogens is 1. The van der Waals surface area contributed by atoms with E-state index in [2.05, 4.69) is 24.1 Å². The summed E-state index contributed by atoms with van der Waals surface area (Å²) >= 11 is 0. The minimum atomic E-state index is -3.10. The van der Waals surface area contributed by atoms with E-state index in [-0.39, 0.29) is 36.5 Å². The van der Waals surface area contributed by atoms with Gasteiger partial charge in [0.15, 0.2) is 0 Å². The first-order valence-corrected chi connectivity index (χ1v) is 10.6. The molecule has 2 saturated heterocycles. The Morgan fingerprint density at radius 1 is 1.19 bits per heavy atom. The van der Waals surface area contributed by atoms with Crippen molar-refractivity contribution in [3.8, 4) is 5.75 Å². The molecule has 0 saturated carbocycles. The van der Waals surface area contributed by atoms with Gasteiger partial charge in [0.25, 0.3) is 0 Å². The van der Waals surface area contributed by atoms with E-state index in [9.17, 15) is 13.2 Å². The molecule has 0 unspecified atom stereocenters. The smallest absolute Gasteiger partial charge is 0.223 e. The Bertz CT molecular complexity index is 738. The normalized spacial score (nSPS) is 25.7. The van der Waals surface area contributed by atoms with Gasteiger partial charge in [0.1, 0.15) is 15.6 Å². The molecule has 1 aromatic rings. The Labute approximate surface area is 161 Å². The summed E-state index contributed by atoms with van der Waals surface area (Å²) < 4.78 is 27.8. The average molecular weight is 403 g/mol. The monoisotopic (exact) mass is 402 g/mol. The molecule has 1 amide bonds. The molecule has 0 spiro atoms. The van der Waals surface area contributed by atoms with Crippen molar-refractivity contribution in [2.24, 2.45) is 11.8 Å². The molecule has 0 bridgehead atoms. The van der Waals surface area contributed by atoms with Gasteiger partial charge >= 0.3 is 0 Å². The Kier molecular flexibility index (Phi) is 6.58. The summed E-state index contributed by atoms with van der Waals surface area (Å²) in [6.45, 7) is 2.38. The van der Waals surface area contributed by atoms with E-state index in [0.29, 0.717) is 18.4 Å². The number of methoxy groups -OCH3 is 1. The second-order valence-electron chi connectivity index (χ2n) is 7.26. The van der Waals surface area contributed by atoms with Crippen LogP contribution in [-0.4, -0.2) is 69.9 Å². The molecule has 0 aliphatic carbocycles. The Morgan fingerprint density at radius 3 is 2.42 bits per heavy atom. The van der Waals surface area contributed by atoms with E-state index in [4.69, 9.17) is 4.74 Å². The van der Waals surface area contributed by atoms with E-state index in [1.165, 1.54) is 11.8 Å². The van der Waals surface area contributed by atoms with E-state index in [1.54, 1.807) is 7.11 Å². The molecule has 3 atom stereocenters. The van der Waals surface area contributed by atoms with E-state index in [1.807, 2.05) is 17.0 Å². The molecule has 26 heavy (non-hydrogen) atoms. The lowest BCUT2D eigenvalue weighted by Gasteiger charge is -2.27. The minimum absolute atomic E-state index is 0. The number of sulfone groups is 1. The Hall–Kier alpha value is -1.31. The van der Waals surface area contributed by atoms with Crippen LogP contribution in [0.2, 0.25) is 0 Å². The highest BCUT2D eigenvalue weighted by Crippen LogP contribution is 2.44. The number of carbonyl (C=O) groups excluding carboxylic acids is 1. The number of likely N-dealkylation sites (tertiary alicyclic amines) is 2. The van der Waals surface area contributed by atoms with Gasteiger partial charge in [-0.2, -0.15) is 0 Å². The highest BCUT2D eigenvalue weighted by Gasteiger charge is 2.47. The van der Waals surface area contributed by atoms with E-state index < -0.39 is 9.84 Å². The van der Waals surface area contributed by atoms with Crippen molar-refractivity contribution in [3.05, 3.63) is 29.8 Å². The third-order valence-corrected chi connectivity index (χ3v) is 6.34. The molecule has 0 N–H and O–H groups in total. The van der Waals surface area contributed by atoms with Crippen LogP contribution in [0.3, 0.4) is 0 Å². The first kappa shape index (κ1) is 21.0. The predicted molar refractivity (Wildman–Crippen MR) is 104 cm³/mol. The van der Waals surface area contributed by atoms with Gasteiger partial charge in [-0.05, 0) is 30.7 Å². The number of carbonyl (C=O) groups is 1. The second kappa shape index (κ2) is 8.15. The van der Waals surface area contributed by atoms with Gasteiger partial charge < -0.3 is 9.64 Å². The first-order valence-electron chi connectivity index (χ1n) is 8.58. The number of hydrogen-bond donors (Lipinski definition) is 0. The van der Waals surface area contributed by atoms with Crippen LogP contribution in [0.1, 0.15) is 18.0 Å². The maximum Gasteiger partial charge on any atom is 0.223 e. The molecule has 2 aliphatic heterocycles. The van der Waals surface area contributed by atoms with Crippen LogP contribution in [0, 0.1) is 11.8 Å². The van der Waals surface area contributed by atoms with Gasteiger partial charge in [0.2, 0.25) is 5.91 Å². The second-order valence-corrected chi connectivity index (χ2v) is 9.52. The van der Waals surface area contributed by atoms with Crippen molar-refractivity contribution in [2.45, 2.75) is 12.5 Å². The van der Waals surface area contributed by atoms with Crippen LogP contribution in [0.4, 0.5) is 0 Å². The van der Waals surface area contributed by atoms with Crippen LogP contribution in [0.5, 0.6) is 5.75 Å². The Balaban J connectivity index is 0.00000243. The Morgan fingerprint density at radius 2 is 1.85 bits per heavy atom. The number of hydrogen-bond acceptors (Lipinski definition) is 5. The lowest BCUT2D eigenvalue weighted by Crippen LogP contribution is -2.34. The van der Waals surface area contributed by atoms with E-state index >= 15 is 0 Å². The summed E-state index contributed by atoms with van der Waals surface area (Å²) in [5.74, 6) is 1.56. The number of nitrogens with zero attached hydrogens (tertiary/aromatic N) is 2. The molecule has 8 heteroatoms. The summed E-state index contributed by atoms with van der Waals surface area (Å²) in [7, 11) is 0.680. The number of benzene rings is 1. The van der Waals surface area contributed by atoms with Gasteiger partial charge in [-0.15, -0.1) is 12.4 Å². The largest absolute Gasteiger partial charge is 0.497 e. The molecule has 3 rings (SSSR count). The summed E-state index contributed by atoms with van der Waals surface area (Å²) in [4.78, 5) is 16.6. The van der Waals surface area contributed by atoms with Gasteiger partial charge in [0.05, 0.1) is 12.9 Å². The van der Waals surface area contributed by atoms with Crippen LogP contribution in [-0.2, 0) is 14.6 Å². The third-order valence-electron chi connectivity index (χ3n) is 5.39. The summed E-state index contributed by atoms with van der Waals surface area (Å²) in [6, 6.07) is 8.41. The summed E-state index contributed by atoms with van der Waals surface area (Å²) in [5.41, 5.74) is 1.24.